The molecule has 0 saturated carbocycles. The molecule has 0 aliphatic rings. The number of anilines is 1. The summed E-state index contributed by atoms with van der Waals surface area (Å²) in [5.74, 6) is 0. The highest BCUT2D eigenvalue weighted by atomic mass is 15.1. The van der Waals surface area contributed by atoms with Gasteiger partial charge in [0.2, 0.25) is 0 Å². The zero-order valence-corrected chi connectivity index (χ0v) is 10.1. The van der Waals surface area contributed by atoms with Crippen molar-refractivity contribution in [3.8, 4) is 0 Å². The van der Waals surface area contributed by atoms with Crippen molar-refractivity contribution in [1.82, 2.24) is 0 Å². The zero-order valence-electron chi connectivity index (χ0n) is 10.1. The number of unbranched alkanes of at least 4 members (excludes halogenated alkanes) is 4. The van der Waals surface area contributed by atoms with Gasteiger partial charge < -0.3 is 4.90 Å². The Hall–Kier alpha value is -0.980. The fourth-order valence-electron chi connectivity index (χ4n) is 1.76. The van der Waals surface area contributed by atoms with Gasteiger partial charge in [0.15, 0.2) is 0 Å². The maximum atomic E-state index is 2.34. The molecule has 0 aliphatic heterocycles. The number of para-hydroxylation sites is 1. The van der Waals surface area contributed by atoms with Crippen LogP contribution in [0.2, 0.25) is 0 Å². The monoisotopic (exact) mass is 205 g/mol. The Bertz CT molecular complexity index is 243. The van der Waals surface area contributed by atoms with Crippen molar-refractivity contribution < 1.29 is 0 Å². The van der Waals surface area contributed by atoms with Crippen LogP contribution in [0.4, 0.5) is 5.69 Å². The number of rotatable bonds is 7. The molecule has 15 heavy (non-hydrogen) atoms. The number of hydrogen-bond acceptors (Lipinski definition) is 1. The van der Waals surface area contributed by atoms with Gasteiger partial charge in [-0.1, -0.05) is 50.8 Å². The molecule has 0 amide bonds. The van der Waals surface area contributed by atoms with Gasteiger partial charge in [0, 0.05) is 19.3 Å². The normalized spacial score (nSPS) is 10.3. The minimum Gasteiger partial charge on any atom is -0.375 e. The van der Waals surface area contributed by atoms with Crippen molar-refractivity contribution in [2.24, 2.45) is 0 Å². The molecule has 0 unspecified atom stereocenters. The predicted molar refractivity (Wildman–Crippen MR) is 68.5 cm³/mol. The van der Waals surface area contributed by atoms with E-state index in [2.05, 4.69) is 49.2 Å². The highest BCUT2D eigenvalue weighted by Gasteiger charge is 1.98. The Labute approximate surface area is 94.1 Å². The predicted octanol–water partition coefficient (Wildman–Crippen LogP) is 4.09. The first-order valence-corrected chi connectivity index (χ1v) is 6.10. The summed E-state index contributed by atoms with van der Waals surface area (Å²) in [6.07, 6.45) is 6.78. The van der Waals surface area contributed by atoms with Crippen LogP contribution >= 0.6 is 0 Å². The van der Waals surface area contributed by atoms with Gasteiger partial charge in [-0.25, -0.2) is 0 Å². The van der Waals surface area contributed by atoms with Crippen molar-refractivity contribution in [3.05, 3.63) is 30.3 Å². The molecular weight excluding hydrogens is 182 g/mol. The van der Waals surface area contributed by atoms with Crippen LogP contribution < -0.4 is 4.90 Å². The Kier molecular flexibility index (Phi) is 5.91. The van der Waals surface area contributed by atoms with Crippen molar-refractivity contribution in [2.45, 2.75) is 39.0 Å². The smallest absolute Gasteiger partial charge is 0.0363 e. The van der Waals surface area contributed by atoms with E-state index >= 15 is 0 Å². The van der Waals surface area contributed by atoms with E-state index in [-0.39, 0.29) is 0 Å². The third-order valence-electron chi connectivity index (χ3n) is 2.79. The van der Waals surface area contributed by atoms with Crippen LogP contribution in [0.3, 0.4) is 0 Å². The molecule has 0 spiro atoms. The molecular formula is C14H23N. The number of nitrogens with zero attached hydrogens (tertiary/aromatic N) is 1. The van der Waals surface area contributed by atoms with Gasteiger partial charge in [0.1, 0.15) is 0 Å². The second kappa shape index (κ2) is 7.33. The molecule has 84 valence electrons. The summed E-state index contributed by atoms with van der Waals surface area (Å²) < 4.78 is 0. The molecule has 0 radical (unpaired) electrons. The highest BCUT2D eigenvalue weighted by Crippen LogP contribution is 2.12. The number of hydrogen-bond donors (Lipinski definition) is 0. The van der Waals surface area contributed by atoms with Crippen molar-refractivity contribution in [3.63, 3.8) is 0 Å². The standard InChI is InChI=1S/C14H23N/c1-3-4-5-6-10-13-15(2)14-11-8-7-9-12-14/h7-9,11-12H,3-6,10,13H2,1-2H3. The minimum atomic E-state index is 1.17. The lowest BCUT2D eigenvalue weighted by atomic mass is 10.1. The first kappa shape index (κ1) is 12.1. The summed E-state index contributed by atoms with van der Waals surface area (Å²) >= 11 is 0. The molecule has 0 bridgehead atoms. The van der Waals surface area contributed by atoms with E-state index in [0.717, 1.165) is 0 Å². The summed E-state index contributed by atoms with van der Waals surface area (Å²) in [6.45, 7) is 3.43. The van der Waals surface area contributed by atoms with Crippen molar-refractivity contribution >= 4 is 5.69 Å². The van der Waals surface area contributed by atoms with Crippen molar-refractivity contribution in [2.75, 3.05) is 18.5 Å². The van der Waals surface area contributed by atoms with E-state index in [1.807, 2.05) is 0 Å². The van der Waals surface area contributed by atoms with Crippen LogP contribution in [0.5, 0.6) is 0 Å². The second-order valence-electron chi connectivity index (χ2n) is 4.17. The summed E-state index contributed by atoms with van der Waals surface area (Å²) in [4.78, 5) is 2.34. The van der Waals surface area contributed by atoms with E-state index in [1.54, 1.807) is 0 Å². The van der Waals surface area contributed by atoms with Gasteiger partial charge in [-0.05, 0) is 18.6 Å². The Morgan fingerprint density at radius 1 is 0.933 bits per heavy atom. The van der Waals surface area contributed by atoms with E-state index in [0.29, 0.717) is 0 Å². The van der Waals surface area contributed by atoms with Crippen LogP contribution in [0.15, 0.2) is 30.3 Å². The van der Waals surface area contributed by atoms with Crippen LogP contribution in [0.25, 0.3) is 0 Å². The summed E-state index contributed by atoms with van der Waals surface area (Å²) in [7, 11) is 2.18. The van der Waals surface area contributed by atoms with Crippen LogP contribution in [-0.4, -0.2) is 13.6 Å². The second-order valence-corrected chi connectivity index (χ2v) is 4.17. The third-order valence-corrected chi connectivity index (χ3v) is 2.79. The molecule has 0 aromatic heterocycles. The molecule has 1 aromatic carbocycles. The SMILES string of the molecule is CCCCCCCN(C)c1ccccc1. The average Bonchev–Trinajstić information content (AvgIpc) is 2.30. The lowest BCUT2D eigenvalue weighted by molar-refractivity contribution is 0.629. The molecule has 1 heteroatoms. The first-order chi connectivity index (χ1) is 7.34. The largest absolute Gasteiger partial charge is 0.375 e. The number of benzene rings is 1. The molecule has 0 heterocycles. The molecule has 0 aliphatic carbocycles. The van der Waals surface area contributed by atoms with E-state index < -0.39 is 0 Å². The maximum Gasteiger partial charge on any atom is 0.0363 e. The average molecular weight is 205 g/mol. The summed E-state index contributed by atoms with van der Waals surface area (Å²) in [5.41, 5.74) is 1.33. The molecule has 1 nitrogen and oxygen atoms in total. The first-order valence-electron chi connectivity index (χ1n) is 6.10. The minimum absolute atomic E-state index is 1.17. The lowest BCUT2D eigenvalue weighted by Crippen LogP contribution is -2.18. The van der Waals surface area contributed by atoms with Gasteiger partial charge in [-0.3, -0.25) is 0 Å². The maximum absolute atomic E-state index is 2.34. The van der Waals surface area contributed by atoms with Gasteiger partial charge in [-0.15, -0.1) is 0 Å². The molecule has 1 rings (SSSR count). The fourth-order valence-corrected chi connectivity index (χ4v) is 1.76. The molecule has 0 fully saturated rings. The fraction of sp³-hybridized carbons (Fsp3) is 0.571. The van der Waals surface area contributed by atoms with Crippen molar-refractivity contribution in [1.29, 1.82) is 0 Å². The van der Waals surface area contributed by atoms with Gasteiger partial charge in [-0.2, -0.15) is 0 Å². The van der Waals surface area contributed by atoms with Gasteiger partial charge >= 0.3 is 0 Å². The topological polar surface area (TPSA) is 3.24 Å². The Balaban J connectivity index is 2.16. The van der Waals surface area contributed by atoms with Gasteiger partial charge in [0.25, 0.3) is 0 Å². The lowest BCUT2D eigenvalue weighted by Gasteiger charge is -2.18. The molecule has 0 saturated heterocycles. The molecule has 0 atom stereocenters. The molecule has 0 N–H and O–H groups in total. The summed E-state index contributed by atoms with van der Waals surface area (Å²) in [6, 6.07) is 10.6. The quantitative estimate of drug-likeness (QED) is 0.606. The molecule has 1 aromatic rings. The Morgan fingerprint density at radius 3 is 2.27 bits per heavy atom. The highest BCUT2D eigenvalue weighted by molar-refractivity contribution is 5.44. The van der Waals surface area contributed by atoms with Crippen LogP contribution in [0, 0.1) is 0 Å². The Morgan fingerprint density at radius 2 is 1.60 bits per heavy atom. The summed E-state index contributed by atoms with van der Waals surface area (Å²) in [5, 5.41) is 0. The van der Waals surface area contributed by atoms with Crippen LogP contribution in [-0.2, 0) is 0 Å². The van der Waals surface area contributed by atoms with Gasteiger partial charge in [0.05, 0.1) is 0 Å². The zero-order chi connectivity index (χ0) is 10.9. The van der Waals surface area contributed by atoms with Crippen LogP contribution in [0.1, 0.15) is 39.0 Å². The third kappa shape index (κ3) is 4.87. The van der Waals surface area contributed by atoms with E-state index in [4.69, 9.17) is 0 Å². The van der Waals surface area contributed by atoms with E-state index in [1.165, 1.54) is 44.3 Å². The van der Waals surface area contributed by atoms with E-state index in [9.17, 15) is 0 Å².